The number of nitrogens with zero attached hydrogens (tertiary/aromatic N) is 6. The fourth-order valence-corrected chi connectivity index (χ4v) is 2.85. The highest BCUT2D eigenvalue weighted by Gasteiger charge is 2.14. The van der Waals surface area contributed by atoms with E-state index in [1.54, 1.807) is 18.7 Å². The van der Waals surface area contributed by atoms with E-state index in [1.807, 2.05) is 46.7 Å². The Morgan fingerprint density at radius 1 is 1.23 bits per heavy atom. The number of hydrogen-bond donors (Lipinski definition) is 0. The number of fused-ring (bicyclic) bond motifs is 3. The molecule has 108 valence electrons. The molecule has 0 fully saturated rings. The highest BCUT2D eigenvalue weighted by atomic mass is 79.9. The number of anilines is 2. The fraction of sp³-hybridized carbons (Fsp3) is 0.0667. The van der Waals surface area contributed by atoms with Crippen molar-refractivity contribution in [3.8, 4) is 0 Å². The van der Waals surface area contributed by atoms with Crippen LogP contribution in [0.2, 0.25) is 0 Å². The molecule has 3 heterocycles. The van der Waals surface area contributed by atoms with E-state index in [1.165, 1.54) is 0 Å². The maximum atomic E-state index is 4.64. The maximum Gasteiger partial charge on any atom is 0.257 e. The van der Waals surface area contributed by atoms with E-state index in [9.17, 15) is 0 Å². The quantitative estimate of drug-likeness (QED) is 0.553. The van der Waals surface area contributed by atoms with Crippen LogP contribution in [0.3, 0.4) is 0 Å². The monoisotopic (exact) mass is 354 g/mol. The lowest BCUT2D eigenvalue weighted by Gasteiger charge is -2.20. The van der Waals surface area contributed by atoms with Gasteiger partial charge >= 0.3 is 0 Å². The second-order valence-electron chi connectivity index (χ2n) is 4.87. The Kier molecular flexibility index (Phi) is 3.00. The molecule has 0 aliphatic heterocycles. The summed E-state index contributed by atoms with van der Waals surface area (Å²) in [5, 5.41) is 8.99. The minimum absolute atomic E-state index is 0.553. The van der Waals surface area contributed by atoms with Gasteiger partial charge in [0.25, 0.3) is 5.78 Å². The van der Waals surface area contributed by atoms with E-state index in [0.29, 0.717) is 5.78 Å². The van der Waals surface area contributed by atoms with Gasteiger partial charge in [-0.1, -0.05) is 22.0 Å². The zero-order valence-electron chi connectivity index (χ0n) is 11.7. The number of hydrogen-bond acceptors (Lipinski definition) is 5. The molecule has 6 nitrogen and oxygen atoms in total. The fourth-order valence-electron chi connectivity index (χ4n) is 2.46. The van der Waals surface area contributed by atoms with Gasteiger partial charge in [0.2, 0.25) is 0 Å². The molecule has 3 aromatic heterocycles. The Bertz CT molecular complexity index is 980. The summed E-state index contributed by atoms with van der Waals surface area (Å²) in [7, 11) is 1.98. The highest BCUT2D eigenvalue weighted by molar-refractivity contribution is 9.10. The Morgan fingerprint density at radius 3 is 3.00 bits per heavy atom. The summed E-state index contributed by atoms with van der Waals surface area (Å²) in [5.74, 6) is 1.37. The van der Waals surface area contributed by atoms with Crippen LogP contribution < -0.4 is 4.90 Å². The van der Waals surface area contributed by atoms with Crippen molar-refractivity contribution < 1.29 is 0 Å². The Labute approximate surface area is 134 Å². The van der Waals surface area contributed by atoms with Crippen LogP contribution >= 0.6 is 15.9 Å². The smallest absolute Gasteiger partial charge is 0.257 e. The van der Waals surface area contributed by atoms with Gasteiger partial charge in [0.05, 0.1) is 11.7 Å². The molecule has 4 rings (SSSR count). The molecule has 0 aliphatic carbocycles. The largest absolute Gasteiger partial charge is 0.329 e. The SMILES string of the molecule is CN(c1cccc(Br)c1)c1nc2nncn2c2cnccc12. The zero-order valence-corrected chi connectivity index (χ0v) is 13.3. The predicted molar refractivity (Wildman–Crippen MR) is 88.3 cm³/mol. The normalized spacial score (nSPS) is 11.2. The van der Waals surface area contributed by atoms with Crippen molar-refractivity contribution in [3.63, 3.8) is 0 Å². The molecule has 0 radical (unpaired) electrons. The molecule has 0 amide bonds. The number of rotatable bonds is 2. The molecule has 0 spiro atoms. The lowest BCUT2D eigenvalue weighted by atomic mass is 10.2. The molecule has 1 aromatic carbocycles. The van der Waals surface area contributed by atoms with Gasteiger partial charge in [-0.2, -0.15) is 4.98 Å². The summed E-state index contributed by atoms with van der Waals surface area (Å²) >= 11 is 3.50. The van der Waals surface area contributed by atoms with Crippen molar-refractivity contribution >= 4 is 44.1 Å². The van der Waals surface area contributed by atoms with Crippen LogP contribution in [0.25, 0.3) is 16.7 Å². The van der Waals surface area contributed by atoms with Crippen LogP contribution in [0.4, 0.5) is 11.5 Å². The van der Waals surface area contributed by atoms with Crippen LogP contribution in [0.5, 0.6) is 0 Å². The third-order valence-corrected chi connectivity index (χ3v) is 4.04. The first-order chi connectivity index (χ1) is 10.7. The number of pyridine rings is 1. The highest BCUT2D eigenvalue weighted by Crippen LogP contribution is 2.30. The molecule has 0 saturated heterocycles. The van der Waals surface area contributed by atoms with Crippen molar-refractivity contribution in [2.45, 2.75) is 0 Å². The molecule has 0 unspecified atom stereocenters. The van der Waals surface area contributed by atoms with Crippen molar-refractivity contribution in [1.82, 2.24) is 24.6 Å². The second-order valence-corrected chi connectivity index (χ2v) is 5.78. The number of halogens is 1. The molecule has 0 bridgehead atoms. The summed E-state index contributed by atoms with van der Waals surface area (Å²) in [4.78, 5) is 10.9. The number of benzene rings is 1. The molecular weight excluding hydrogens is 344 g/mol. The average molecular weight is 355 g/mol. The molecule has 0 aliphatic rings. The van der Waals surface area contributed by atoms with Gasteiger partial charge in [-0.15, -0.1) is 10.2 Å². The topological polar surface area (TPSA) is 59.2 Å². The number of aromatic nitrogens is 5. The molecule has 0 atom stereocenters. The first kappa shape index (κ1) is 13.1. The first-order valence-electron chi connectivity index (χ1n) is 6.67. The van der Waals surface area contributed by atoms with Gasteiger partial charge in [0, 0.05) is 28.8 Å². The summed E-state index contributed by atoms with van der Waals surface area (Å²) < 4.78 is 2.85. The Balaban J connectivity index is 2.00. The van der Waals surface area contributed by atoms with Gasteiger partial charge < -0.3 is 4.90 Å². The maximum absolute atomic E-state index is 4.64. The lowest BCUT2D eigenvalue weighted by molar-refractivity contribution is 1.08. The van der Waals surface area contributed by atoms with Gasteiger partial charge in [0.1, 0.15) is 12.1 Å². The van der Waals surface area contributed by atoms with Crippen LogP contribution in [-0.4, -0.2) is 31.6 Å². The lowest BCUT2D eigenvalue weighted by Crippen LogP contribution is -2.13. The molecule has 7 heteroatoms. The second kappa shape index (κ2) is 5.03. The first-order valence-corrected chi connectivity index (χ1v) is 7.46. The third kappa shape index (κ3) is 2.01. The molecular formula is C15H11BrN6. The minimum Gasteiger partial charge on any atom is -0.329 e. The summed E-state index contributed by atoms with van der Waals surface area (Å²) in [6.07, 6.45) is 5.21. The van der Waals surface area contributed by atoms with Gasteiger partial charge in [-0.25, -0.2) is 0 Å². The standard InChI is InChI=1S/C15H11BrN6/c1-21(11-4-2-3-10(16)7-11)14-12-5-6-17-8-13(12)22-9-18-20-15(22)19-14/h2-9H,1H3. The molecule has 0 saturated carbocycles. The van der Waals surface area contributed by atoms with Crippen LogP contribution in [0.1, 0.15) is 0 Å². The summed E-state index contributed by atoms with van der Waals surface area (Å²) in [5.41, 5.74) is 1.96. The Hall–Kier alpha value is -2.54. The summed E-state index contributed by atoms with van der Waals surface area (Å²) in [6.45, 7) is 0. The van der Waals surface area contributed by atoms with E-state index < -0.39 is 0 Å². The van der Waals surface area contributed by atoms with Crippen LogP contribution in [0.15, 0.2) is 53.5 Å². The van der Waals surface area contributed by atoms with Crippen LogP contribution in [0, 0.1) is 0 Å². The Morgan fingerprint density at radius 2 is 2.14 bits per heavy atom. The van der Waals surface area contributed by atoms with Gasteiger partial charge in [0.15, 0.2) is 0 Å². The van der Waals surface area contributed by atoms with E-state index >= 15 is 0 Å². The van der Waals surface area contributed by atoms with Crippen molar-refractivity contribution in [2.75, 3.05) is 11.9 Å². The molecule has 0 N–H and O–H groups in total. The van der Waals surface area contributed by atoms with Gasteiger partial charge in [-0.05, 0) is 24.3 Å². The van der Waals surface area contributed by atoms with E-state index in [0.717, 1.165) is 26.9 Å². The van der Waals surface area contributed by atoms with E-state index in [2.05, 4.69) is 36.1 Å². The van der Waals surface area contributed by atoms with Crippen LogP contribution in [-0.2, 0) is 0 Å². The molecule has 4 aromatic rings. The van der Waals surface area contributed by atoms with Crippen molar-refractivity contribution in [3.05, 3.63) is 53.5 Å². The van der Waals surface area contributed by atoms with Crippen molar-refractivity contribution in [2.24, 2.45) is 0 Å². The van der Waals surface area contributed by atoms with E-state index in [4.69, 9.17) is 0 Å². The van der Waals surface area contributed by atoms with Crippen molar-refractivity contribution in [1.29, 1.82) is 0 Å². The van der Waals surface area contributed by atoms with E-state index in [-0.39, 0.29) is 0 Å². The zero-order chi connectivity index (χ0) is 15.1. The minimum atomic E-state index is 0.553. The third-order valence-electron chi connectivity index (χ3n) is 3.55. The average Bonchev–Trinajstić information content (AvgIpc) is 3.02. The van der Waals surface area contributed by atoms with Gasteiger partial charge in [-0.3, -0.25) is 9.38 Å². The molecule has 22 heavy (non-hydrogen) atoms. The summed E-state index contributed by atoms with van der Waals surface area (Å²) in [6, 6.07) is 10.0. The predicted octanol–water partition coefficient (Wildman–Crippen LogP) is 3.20.